The van der Waals surface area contributed by atoms with Crippen molar-refractivity contribution in [2.24, 2.45) is 0 Å². The second-order valence-corrected chi connectivity index (χ2v) is 11.0. The molecule has 2 aliphatic rings. The summed E-state index contributed by atoms with van der Waals surface area (Å²) in [4.78, 5) is 25.7. The number of sulfone groups is 1. The minimum Gasteiger partial charge on any atom is -0.494 e. The van der Waals surface area contributed by atoms with Gasteiger partial charge in [-0.1, -0.05) is 19.4 Å². The molecular weight excluding hydrogens is 444 g/mol. The molecule has 9 nitrogen and oxygen atoms in total. The molecule has 0 radical (unpaired) electrons. The van der Waals surface area contributed by atoms with Crippen molar-refractivity contribution in [2.75, 3.05) is 23.9 Å². The lowest BCUT2D eigenvalue weighted by atomic mass is 9.82. The number of nitrogens with zero attached hydrogens (tertiary/aromatic N) is 2. The summed E-state index contributed by atoms with van der Waals surface area (Å²) in [5.41, 5.74) is 2.60. The summed E-state index contributed by atoms with van der Waals surface area (Å²) in [6, 6.07) is 5.97. The maximum Gasteiger partial charge on any atom is 0.257 e. The number of benzene rings is 1. The molecule has 0 fully saturated rings. The van der Waals surface area contributed by atoms with E-state index in [1.165, 1.54) is 0 Å². The maximum absolute atomic E-state index is 13.3. The smallest absolute Gasteiger partial charge is 0.257 e. The van der Waals surface area contributed by atoms with E-state index in [9.17, 15) is 18.0 Å². The Labute approximate surface area is 193 Å². The first-order valence-electron chi connectivity index (χ1n) is 11.3. The number of rotatable bonds is 8. The molecule has 1 aliphatic heterocycles. The Morgan fingerprint density at radius 2 is 2.12 bits per heavy atom. The van der Waals surface area contributed by atoms with Gasteiger partial charge in [0.2, 0.25) is 5.91 Å². The Balaban J connectivity index is 1.69. The van der Waals surface area contributed by atoms with Gasteiger partial charge in [-0.25, -0.2) is 13.1 Å². The van der Waals surface area contributed by atoms with Gasteiger partial charge < -0.3 is 15.4 Å². The Morgan fingerprint density at radius 1 is 1.33 bits per heavy atom. The summed E-state index contributed by atoms with van der Waals surface area (Å²) in [6.07, 6.45) is 4.80. The molecule has 1 aromatic carbocycles. The van der Waals surface area contributed by atoms with E-state index in [0.29, 0.717) is 30.8 Å². The van der Waals surface area contributed by atoms with Gasteiger partial charge in [0.05, 0.1) is 17.8 Å². The lowest BCUT2D eigenvalue weighted by molar-refractivity contribution is -0.113. The van der Waals surface area contributed by atoms with Gasteiger partial charge in [-0.15, -0.1) is 0 Å². The second-order valence-electron chi connectivity index (χ2n) is 8.83. The Hall–Kier alpha value is -2.88. The topological polar surface area (TPSA) is 119 Å². The van der Waals surface area contributed by atoms with Gasteiger partial charge in [0, 0.05) is 19.2 Å². The number of ether oxygens (including phenoxy) is 1. The lowest BCUT2D eigenvalue weighted by Crippen LogP contribution is -2.49. The van der Waals surface area contributed by atoms with Gasteiger partial charge in [0.1, 0.15) is 22.9 Å². The average molecular weight is 475 g/mol. The molecule has 0 unspecified atom stereocenters. The van der Waals surface area contributed by atoms with Gasteiger partial charge in [-0.05, 0) is 49.4 Å². The molecule has 1 aromatic heterocycles. The molecule has 1 spiro atoms. The third-order valence-corrected chi connectivity index (χ3v) is 6.96. The van der Waals surface area contributed by atoms with Crippen LogP contribution in [-0.4, -0.2) is 48.6 Å². The standard InChI is InChI=1S/C23H30N4O5S/c1-4-6-11-27-21(24-19(28)14-33(3,30)31)20-18(26-27)13-23(25-22(20)29)10-9-15-12-16(32-5-2)7-8-17(15)23/h7-8,12H,4-6,9-11,13-14H2,1-3H3,(H,24,28)(H,25,29)/t23-/m1/s1. The fraction of sp³-hybridized carbons (Fsp3) is 0.522. The van der Waals surface area contributed by atoms with Crippen LogP contribution in [0.3, 0.4) is 0 Å². The fourth-order valence-electron chi connectivity index (χ4n) is 4.78. The van der Waals surface area contributed by atoms with Crippen LogP contribution in [0, 0.1) is 0 Å². The van der Waals surface area contributed by atoms with Crippen LogP contribution in [0.2, 0.25) is 0 Å². The van der Waals surface area contributed by atoms with E-state index in [1.807, 2.05) is 32.0 Å². The highest BCUT2D eigenvalue weighted by molar-refractivity contribution is 7.91. The molecule has 0 saturated heterocycles. The number of anilines is 1. The number of nitrogens with one attached hydrogen (secondary N) is 2. The van der Waals surface area contributed by atoms with Crippen LogP contribution >= 0.6 is 0 Å². The number of carbonyl (C=O) groups is 2. The highest BCUT2D eigenvalue weighted by atomic mass is 32.2. The van der Waals surface area contributed by atoms with Crippen molar-refractivity contribution in [1.82, 2.24) is 15.1 Å². The van der Waals surface area contributed by atoms with Crippen molar-refractivity contribution >= 4 is 27.5 Å². The van der Waals surface area contributed by atoms with Crippen molar-refractivity contribution in [3.63, 3.8) is 0 Å². The molecule has 0 saturated carbocycles. The summed E-state index contributed by atoms with van der Waals surface area (Å²) in [6.45, 7) is 5.09. The van der Waals surface area contributed by atoms with Crippen LogP contribution in [0.25, 0.3) is 0 Å². The molecule has 1 atom stereocenters. The van der Waals surface area contributed by atoms with E-state index in [1.54, 1.807) is 4.68 Å². The van der Waals surface area contributed by atoms with Crippen LogP contribution in [0.1, 0.15) is 60.3 Å². The largest absolute Gasteiger partial charge is 0.494 e. The Morgan fingerprint density at radius 3 is 2.82 bits per heavy atom. The molecule has 33 heavy (non-hydrogen) atoms. The zero-order valence-electron chi connectivity index (χ0n) is 19.2. The van der Waals surface area contributed by atoms with E-state index < -0.39 is 27.0 Å². The summed E-state index contributed by atoms with van der Waals surface area (Å²) in [7, 11) is -3.50. The van der Waals surface area contributed by atoms with Crippen molar-refractivity contribution in [2.45, 2.75) is 58.0 Å². The maximum atomic E-state index is 13.3. The van der Waals surface area contributed by atoms with Crippen molar-refractivity contribution in [3.8, 4) is 5.75 Å². The lowest BCUT2D eigenvalue weighted by Gasteiger charge is -2.35. The number of fused-ring (bicyclic) bond motifs is 3. The zero-order chi connectivity index (χ0) is 23.8. The van der Waals surface area contributed by atoms with E-state index >= 15 is 0 Å². The molecule has 10 heteroatoms. The molecule has 2 amide bonds. The van der Waals surface area contributed by atoms with E-state index in [4.69, 9.17) is 9.84 Å². The van der Waals surface area contributed by atoms with Crippen LogP contribution in [0.4, 0.5) is 5.82 Å². The van der Waals surface area contributed by atoms with Crippen LogP contribution in [0.5, 0.6) is 5.75 Å². The number of carbonyl (C=O) groups excluding carboxylic acids is 2. The minimum atomic E-state index is -3.50. The van der Waals surface area contributed by atoms with E-state index in [2.05, 4.69) is 10.6 Å². The predicted octanol–water partition coefficient (Wildman–Crippen LogP) is 2.19. The molecule has 2 heterocycles. The third kappa shape index (κ3) is 4.62. The number of aromatic nitrogens is 2. The van der Waals surface area contributed by atoms with Crippen molar-refractivity contribution in [1.29, 1.82) is 0 Å². The summed E-state index contributed by atoms with van der Waals surface area (Å²) in [5.74, 6) is -0.557. The minimum absolute atomic E-state index is 0.268. The van der Waals surface area contributed by atoms with Gasteiger partial charge in [0.25, 0.3) is 5.91 Å². The fourth-order valence-corrected chi connectivity index (χ4v) is 5.33. The normalized spacial score (nSPS) is 19.2. The van der Waals surface area contributed by atoms with Gasteiger partial charge in [-0.2, -0.15) is 5.10 Å². The summed E-state index contributed by atoms with van der Waals surface area (Å²) >= 11 is 0. The molecule has 1 aliphatic carbocycles. The number of unbranched alkanes of at least 4 members (excludes halogenated alkanes) is 1. The van der Waals surface area contributed by atoms with Gasteiger partial charge in [-0.3, -0.25) is 9.59 Å². The van der Waals surface area contributed by atoms with Crippen LogP contribution in [0.15, 0.2) is 18.2 Å². The quantitative estimate of drug-likeness (QED) is 0.605. The Kier molecular flexibility index (Phi) is 6.22. The van der Waals surface area contributed by atoms with Crippen LogP contribution in [-0.2, 0) is 39.6 Å². The Bertz CT molecular complexity index is 1200. The first-order chi connectivity index (χ1) is 15.7. The van der Waals surface area contributed by atoms with E-state index in [-0.39, 0.29) is 11.7 Å². The number of aryl methyl sites for hydroxylation is 2. The molecular formula is C23H30N4O5S. The van der Waals surface area contributed by atoms with Crippen molar-refractivity contribution in [3.05, 3.63) is 40.6 Å². The highest BCUT2D eigenvalue weighted by Gasteiger charge is 2.46. The van der Waals surface area contributed by atoms with E-state index in [0.717, 1.165) is 48.8 Å². The zero-order valence-corrected chi connectivity index (χ0v) is 20.0. The van der Waals surface area contributed by atoms with Crippen LogP contribution < -0.4 is 15.4 Å². The van der Waals surface area contributed by atoms with Crippen molar-refractivity contribution < 1.29 is 22.7 Å². The number of hydrogen-bond acceptors (Lipinski definition) is 6. The first-order valence-corrected chi connectivity index (χ1v) is 13.4. The van der Waals surface area contributed by atoms with Gasteiger partial charge in [0.15, 0.2) is 9.84 Å². The SMILES string of the molecule is CCCCn1nc2c(c1NC(=O)CS(C)(=O)=O)C(=O)N[C@]1(CCc3cc(OCC)ccc31)C2. The number of hydrogen-bond donors (Lipinski definition) is 2. The molecule has 4 rings (SSSR count). The number of amides is 2. The van der Waals surface area contributed by atoms with Gasteiger partial charge >= 0.3 is 0 Å². The average Bonchev–Trinajstić information content (AvgIpc) is 3.23. The predicted molar refractivity (Wildman–Crippen MR) is 124 cm³/mol. The molecule has 178 valence electrons. The molecule has 2 aromatic rings. The summed E-state index contributed by atoms with van der Waals surface area (Å²) < 4.78 is 30.4. The monoisotopic (exact) mass is 474 g/mol. The molecule has 0 bridgehead atoms. The highest BCUT2D eigenvalue weighted by Crippen LogP contribution is 2.44. The molecule has 2 N–H and O–H groups in total. The second kappa shape index (κ2) is 8.81. The first kappa shape index (κ1) is 23.3. The summed E-state index contributed by atoms with van der Waals surface area (Å²) in [5, 5.41) is 10.5. The third-order valence-electron chi connectivity index (χ3n) is 6.17.